The minimum atomic E-state index is -3.53. The Morgan fingerprint density at radius 2 is 1.78 bits per heavy atom. The quantitative estimate of drug-likeness (QED) is 0.340. The van der Waals surface area contributed by atoms with Crippen LogP contribution in [0, 0.1) is 13.8 Å². The van der Waals surface area contributed by atoms with Gasteiger partial charge in [-0.25, -0.2) is 8.42 Å². The molecular weight excluding hydrogens is 542 g/mol. The molecule has 0 radical (unpaired) electrons. The zero-order valence-electron chi connectivity index (χ0n) is 21.9. The molecule has 2 rings (SSSR count). The van der Waals surface area contributed by atoms with E-state index in [0.717, 1.165) is 34.0 Å². The Morgan fingerprint density at radius 1 is 1.08 bits per heavy atom. The monoisotopic (exact) mass is 579 g/mol. The van der Waals surface area contributed by atoms with Gasteiger partial charge in [0.2, 0.25) is 21.8 Å². The minimum Gasteiger partial charge on any atom is -0.354 e. The van der Waals surface area contributed by atoms with Crippen molar-refractivity contribution in [3.05, 3.63) is 63.6 Å². The van der Waals surface area contributed by atoms with Gasteiger partial charge in [0.05, 0.1) is 11.9 Å². The Morgan fingerprint density at radius 3 is 2.42 bits per heavy atom. The number of halogens is 1. The number of anilines is 1. The van der Waals surface area contributed by atoms with Crippen molar-refractivity contribution < 1.29 is 18.0 Å². The molecule has 0 aromatic heterocycles. The molecule has 0 fully saturated rings. The van der Waals surface area contributed by atoms with Gasteiger partial charge in [-0.2, -0.15) is 0 Å². The number of sulfonamides is 1. The molecule has 198 valence electrons. The van der Waals surface area contributed by atoms with Crippen LogP contribution in [0.25, 0.3) is 0 Å². The maximum Gasteiger partial charge on any atom is 0.242 e. The van der Waals surface area contributed by atoms with Gasteiger partial charge in [-0.05, 0) is 68.5 Å². The Hall–Kier alpha value is -2.39. The number of amides is 2. The lowest BCUT2D eigenvalue weighted by atomic mass is 10.1. The Kier molecular flexibility index (Phi) is 11.4. The van der Waals surface area contributed by atoms with Crippen LogP contribution >= 0.6 is 15.9 Å². The van der Waals surface area contributed by atoms with E-state index >= 15 is 0 Å². The summed E-state index contributed by atoms with van der Waals surface area (Å²) >= 11 is 3.46. The average molecular weight is 581 g/mol. The van der Waals surface area contributed by atoms with E-state index in [1.165, 1.54) is 10.6 Å². The number of hydrogen-bond donors (Lipinski definition) is 1. The summed E-state index contributed by atoms with van der Waals surface area (Å²) in [4.78, 5) is 27.7. The number of carbonyl (C=O) groups is 2. The molecule has 7 nitrogen and oxygen atoms in total. The molecule has 0 saturated carbocycles. The van der Waals surface area contributed by atoms with Gasteiger partial charge >= 0.3 is 0 Å². The number of benzene rings is 2. The summed E-state index contributed by atoms with van der Waals surface area (Å²) in [5, 5.41) is 2.91. The van der Waals surface area contributed by atoms with Crippen molar-refractivity contribution in [1.82, 2.24) is 10.2 Å². The minimum absolute atomic E-state index is 0.122. The molecule has 2 aromatic rings. The Labute approximate surface area is 224 Å². The lowest BCUT2D eigenvalue weighted by Crippen LogP contribution is -2.48. The van der Waals surface area contributed by atoms with Crippen LogP contribution in [0.1, 0.15) is 56.2 Å². The third-order valence-corrected chi connectivity index (χ3v) is 7.91. The molecule has 36 heavy (non-hydrogen) atoms. The summed E-state index contributed by atoms with van der Waals surface area (Å²) in [5.74, 6) is -0.387. The van der Waals surface area contributed by atoms with Gasteiger partial charge in [0.1, 0.15) is 6.04 Å². The van der Waals surface area contributed by atoms with Crippen molar-refractivity contribution in [3.63, 3.8) is 0 Å². The van der Waals surface area contributed by atoms with E-state index in [1.807, 2.05) is 50.2 Å². The van der Waals surface area contributed by atoms with Crippen LogP contribution in [0.15, 0.2) is 46.9 Å². The first-order valence-electron chi connectivity index (χ1n) is 12.3. The smallest absolute Gasteiger partial charge is 0.242 e. The summed E-state index contributed by atoms with van der Waals surface area (Å²) in [7, 11) is -3.53. The van der Waals surface area contributed by atoms with Crippen LogP contribution < -0.4 is 9.62 Å². The second-order valence-electron chi connectivity index (χ2n) is 9.13. The highest BCUT2D eigenvalue weighted by Crippen LogP contribution is 2.25. The highest BCUT2D eigenvalue weighted by atomic mass is 79.9. The fourth-order valence-electron chi connectivity index (χ4n) is 3.94. The van der Waals surface area contributed by atoms with Crippen LogP contribution in [-0.4, -0.2) is 50.5 Å². The first kappa shape index (κ1) is 29.8. The molecule has 0 saturated heterocycles. The number of hydrogen-bond acceptors (Lipinski definition) is 4. The van der Waals surface area contributed by atoms with E-state index < -0.39 is 16.1 Å². The predicted molar refractivity (Wildman–Crippen MR) is 149 cm³/mol. The number of carbonyl (C=O) groups excluding carboxylic acids is 2. The molecule has 1 atom stereocenters. The molecule has 0 aliphatic heterocycles. The van der Waals surface area contributed by atoms with Crippen molar-refractivity contribution in [2.24, 2.45) is 0 Å². The standard InChI is InChI=1S/C27H38BrN3O4S/c1-6-7-16-29-27(33)22(4)30(19-23-12-9-13-24(28)18-23)26(32)15-10-17-31(36(5,34)35)25-14-8-11-20(2)21(25)3/h8-9,11-14,18,22H,6-7,10,15-17,19H2,1-5H3,(H,29,33)/t22-/m0/s1. The highest BCUT2D eigenvalue weighted by Gasteiger charge is 2.27. The molecule has 0 aliphatic rings. The summed E-state index contributed by atoms with van der Waals surface area (Å²) < 4.78 is 27.4. The zero-order chi connectivity index (χ0) is 26.9. The van der Waals surface area contributed by atoms with Crippen molar-refractivity contribution in [3.8, 4) is 0 Å². The fourth-order valence-corrected chi connectivity index (χ4v) is 5.40. The molecule has 1 N–H and O–H groups in total. The molecule has 0 unspecified atom stereocenters. The van der Waals surface area contributed by atoms with Crippen LogP contribution in [0.3, 0.4) is 0 Å². The molecule has 0 spiro atoms. The largest absolute Gasteiger partial charge is 0.354 e. The van der Waals surface area contributed by atoms with Crippen molar-refractivity contribution in [1.29, 1.82) is 0 Å². The number of aryl methyl sites for hydroxylation is 1. The summed E-state index contributed by atoms with van der Waals surface area (Å²) in [6.45, 7) is 8.65. The first-order chi connectivity index (χ1) is 17.0. The summed E-state index contributed by atoms with van der Waals surface area (Å²) in [6, 6.07) is 12.5. The number of unbranched alkanes of at least 4 members (excludes halogenated alkanes) is 1. The van der Waals surface area contributed by atoms with Crippen molar-refractivity contribution in [2.45, 2.75) is 66.0 Å². The van der Waals surface area contributed by atoms with Crippen LogP contribution in [0.5, 0.6) is 0 Å². The zero-order valence-corrected chi connectivity index (χ0v) is 24.3. The van der Waals surface area contributed by atoms with Gasteiger partial charge in [-0.15, -0.1) is 0 Å². The number of rotatable bonds is 13. The number of nitrogens with one attached hydrogen (secondary N) is 1. The third kappa shape index (κ3) is 8.62. The highest BCUT2D eigenvalue weighted by molar-refractivity contribution is 9.10. The molecule has 0 heterocycles. The number of nitrogens with zero attached hydrogens (tertiary/aromatic N) is 2. The average Bonchev–Trinajstić information content (AvgIpc) is 2.81. The second kappa shape index (κ2) is 13.8. The molecular formula is C27H38BrN3O4S. The molecule has 0 bridgehead atoms. The molecule has 0 aliphatic carbocycles. The lowest BCUT2D eigenvalue weighted by molar-refractivity contribution is -0.140. The SMILES string of the molecule is CCCCNC(=O)[C@H](C)N(Cc1cccc(Br)c1)C(=O)CCCN(c1cccc(C)c1C)S(C)(=O)=O. The van der Waals surface area contributed by atoms with E-state index in [-0.39, 0.29) is 31.3 Å². The van der Waals surface area contributed by atoms with Gasteiger partial charge < -0.3 is 10.2 Å². The maximum absolute atomic E-state index is 13.4. The van der Waals surface area contributed by atoms with Gasteiger partial charge in [-0.1, -0.05) is 53.5 Å². The van der Waals surface area contributed by atoms with Crippen molar-refractivity contribution >= 4 is 43.5 Å². The van der Waals surface area contributed by atoms with Crippen LogP contribution in [0.2, 0.25) is 0 Å². The van der Waals surface area contributed by atoms with Gasteiger partial charge in [0.25, 0.3) is 0 Å². The van der Waals surface area contributed by atoms with Crippen LogP contribution in [0.4, 0.5) is 5.69 Å². The maximum atomic E-state index is 13.4. The molecule has 2 amide bonds. The van der Waals surface area contributed by atoms with Crippen LogP contribution in [-0.2, 0) is 26.2 Å². The Balaban J connectivity index is 2.18. The van der Waals surface area contributed by atoms with E-state index in [1.54, 1.807) is 17.9 Å². The molecule has 2 aromatic carbocycles. The van der Waals surface area contributed by atoms with Gasteiger partial charge in [0.15, 0.2) is 0 Å². The van der Waals surface area contributed by atoms with E-state index in [0.29, 0.717) is 18.7 Å². The topological polar surface area (TPSA) is 86.8 Å². The first-order valence-corrected chi connectivity index (χ1v) is 14.9. The third-order valence-electron chi connectivity index (χ3n) is 6.24. The lowest BCUT2D eigenvalue weighted by Gasteiger charge is -2.30. The predicted octanol–water partition coefficient (Wildman–Crippen LogP) is 4.95. The normalized spacial score (nSPS) is 12.2. The van der Waals surface area contributed by atoms with Crippen molar-refractivity contribution in [2.75, 3.05) is 23.7 Å². The van der Waals surface area contributed by atoms with Gasteiger partial charge in [0, 0.05) is 30.5 Å². The summed E-state index contributed by atoms with van der Waals surface area (Å²) in [6.07, 6.45) is 3.47. The molecule has 9 heteroatoms. The Bertz CT molecular complexity index is 1150. The van der Waals surface area contributed by atoms with Gasteiger partial charge in [-0.3, -0.25) is 13.9 Å². The summed E-state index contributed by atoms with van der Waals surface area (Å²) in [5.41, 5.74) is 3.42. The fraction of sp³-hybridized carbons (Fsp3) is 0.481. The van der Waals surface area contributed by atoms with E-state index in [9.17, 15) is 18.0 Å². The van der Waals surface area contributed by atoms with E-state index in [4.69, 9.17) is 0 Å². The second-order valence-corrected chi connectivity index (χ2v) is 12.0. The van der Waals surface area contributed by atoms with E-state index in [2.05, 4.69) is 28.2 Å².